The van der Waals surface area contributed by atoms with E-state index in [4.69, 9.17) is 4.74 Å². The Morgan fingerprint density at radius 3 is 2.74 bits per heavy atom. The minimum absolute atomic E-state index is 0.265. The Bertz CT molecular complexity index is 423. The van der Waals surface area contributed by atoms with Gasteiger partial charge in [-0.2, -0.15) is 0 Å². The molecule has 0 aromatic carbocycles. The maximum atomic E-state index is 11.3. The molecule has 1 aliphatic rings. The Hall–Kier alpha value is -1.31. The molecule has 0 spiro atoms. The van der Waals surface area contributed by atoms with Crippen molar-refractivity contribution in [3.63, 3.8) is 0 Å². The molecule has 0 saturated heterocycles. The Labute approximate surface area is 117 Å². The topological polar surface area (TPSA) is 26.3 Å². The zero-order chi connectivity index (χ0) is 14.5. The van der Waals surface area contributed by atoms with E-state index >= 15 is 0 Å². The van der Waals surface area contributed by atoms with Gasteiger partial charge in [0, 0.05) is 6.08 Å². The first-order chi connectivity index (χ1) is 8.86. The number of ether oxygens (including phenoxy) is 1. The van der Waals surface area contributed by atoms with E-state index in [1.165, 1.54) is 24.0 Å². The van der Waals surface area contributed by atoms with E-state index in [9.17, 15) is 4.79 Å². The first-order valence-electron chi connectivity index (χ1n) is 7.10. The van der Waals surface area contributed by atoms with Crippen LogP contribution in [0.15, 0.2) is 34.9 Å². The molecule has 0 amide bonds. The van der Waals surface area contributed by atoms with Crippen molar-refractivity contribution >= 4 is 5.97 Å². The van der Waals surface area contributed by atoms with Crippen LogP contribution in [0.1, 0.15) is 53.9 Å². The van der Waals surface area contributed by atoms with Crippen molar-refractivity contribution in [3.8, 4) is 0 Å². The summed E-state index contributed by atoms with van der Waals surface area (Å²) in [7, 11) is 0. The second kappa shape index (κ2) is 6.74. The fraction of sp³-hybridized carbons (Fsp3) is 0.588. The lowest BCUT2D eigenvalue weighted by molar-refractivity contribution is -0.137. The van der Waals surface area contributed by atoms with E-state index in [1.54, 1.807) is 6.08 Å². The molecule has 0 aromatic heterocycles. The molecule has 106 valence electrons. The Morgan fingerprint density at radius 2 is 2.11 bits per heavy atom. The average Bonchev–Trinajstić information content (AvgIpc) is 2.31. The average molecular weight is 262 g/mol. The van der Waals surface area contributed by atoms with Crippen LogP contribution in [-0.2, 0) is 9.53 Å². The number of carbonyl (C=O) groups is 1. The summed E-state index contributed by atoms with van der Waals surface area (Å²) >= 11 is 0. The van der Waals surface area contributed by atoms with Gasteiger partial charge in [-0.3, -0.25) is 0 Å². The first-order valence-corrected chi connectivity index (χ1v) is 7.10. The summed E-state index contributed by atoms with van der Waals surface area (Å²) in [6, 6.07) is 0. The smallest absolute Gasteiger partial charge is 0.330 e. The number of carbonyl (C=O) groups excluding carboxylic acids is 1. The highest BCUT2D eigenvalue weighted by Gasteiger charge is 2.25. The Balaban J connectivity index is 2.79. The van der Waals surface area contributed by atoms with E-state index in [0.29, 0.717) is 12.0 Å². The molecule has 0 saturated carbocycles. The summed E-state index contributed by atoms with van der Waals surface area (Å²) in [5.74, 6) is -0.265. The van der Waals surface area contributed by atoms with Crippen LogP contribution in [0.3, 0.4) is 0 Å². The molecule has 0 fully saturated rings. The van der Waals surface area contributed by atoms with E-state index in [-0.39, 0.29) is 5.97 Å². The first kappa shape index (κ1) is 15.7. The summed E-state index contributed by atoms with van der Waals surface area (Å²) in [4.78, 5) is 11.3. The number of allylic oxidation sites excluding steroid dienone is 5. The van der Waals surface area contributed by atoms with Crippen LogP contribution in [-0.4, -0.2) is 12.6 Å². The maximum absolute atomic E-state index is 11.3. The molecule has 1 aliphatic carbocycles. The lowest BCUT2D eigenvalue weighted by atomic mass is 9.73. The van der Waals surface area contributed by atoms with Crippen LogP contribution >= 0.6 is 0 Å². The summed E-state index contributed by atoms with van der Waals surface area (Å²) < 4.78 is 4.90. The lowest BCUT2D eigenvalue weighted by Crippen LogP contribution is -2.18. The summed E-state index contributed by atoms with van der Waals surface area (Å²) in [5.41, 5.74) is 4.12. The Morgan fingerprint density at radius 1 is 1.42 bits per heavy atom. The molecule has 19 heavy (non-hydrogen) atoms. The van der Waals surface area contributed by atoms with Gasteiger partial charge in [0.1, 0.15) is 0 Å². The Kier molecular flexibility index (Phi) is 5.59. The zero-order valence-corrected chi connectivity index (χ0v) is 12.9. The molecule has 2 nitrogen and oxygen atoms in total. The molecule has 1 rings (SSSR count). The molecule has 2 heteroatoms. The van der Waals surface area contributed by atoms with Crippen molar-refractivity contribution in [1.82, 2.24) is 0 Å². The number of rotatable bonds is 4. The molecule has 0 radical (unpaired) electrons. The number of hydrogen-bond donors (Lipinski definition) is 0. The number of hydrogen-bond acceptors (Lipinski definition) is 2. The van der Waals surface area contributed by atoms with Gasteiger partial charge in [0.05, 0.1) is 6.61 Å². The van der Waals surface area contributed by atoms with Crippen molar-refractivity contribution in [3.05, 3.63) is 34.9 Å². The van der Waals surface area contributed by atoms with Crippen molar-refractivity contribution in [2.75, 3.05) is 6.61 Å². The van der Waals surface area contributed by atoms with Gasteiger partial charge in [-0.05, 0) is 56.6 Å². The normalized spacial score (nSPS) is 19.9. The SMILES string of the molecule is CCOC(=O)/C=C(C)/C=C/C1=C(C)C(C)(C)CCC1. The zero-order valence-electron chi connectivity index (χ0n) is 12.9. The predicted molar refractivity (Wildman–Crippen MR) is 79.9 cm³/mol. The van der Waals surface area contributed by atoms with Crippen LogP contribution in [0.2, 0.25) is 0 Å². The monoisotopic (exact) mass is 262 g/mol. The van der Waals surface area contributed by atoms with Gasteiger partial charge in [0.2, 0.25) is 0 Å². The third-order valence-corrected chi connectivity index (χ3v) is 3.92. The quantitative estimate of drug-likeness (QED) is 0.421. The maximum Gasteiger partial charge on any atom is 0.330 e. The van der Waals surface area contributed by atoms with Crippen molar-refractivity contribution in [1.29, 1.82) is 0 Å². The van der Waals surface area contributed by atoms with Gasteiger partial charge < -0.3 is 4.74 Å². The minimum Gasteiger partial charge on any atom is -0.463 e. The molecule has 0 bridgehead atoms. The summed E-state index contributed by atoms with van der Waals surface area (Å²) in [5, 5.41) is 0. The molecule has 0 aliphatic heterocycles. The summed E-state index contributed by atoms with van der Waals surface area (Å²) in [6.45, 7) is 11.0. The van der Waals surface area contributed by atoms with Gasteiger partial charge in [-0.15, -0.1) is 0 Å². The molecule has 0 heterocycles. The van der Waals surface area contributed by atoms with Gasteiger partial charge in [-0.1, -0.05) is 31.6 Å². The van der Waals surface area contributed by atoms with Crippen LogP contribution in [0.25, 0.3) is 0 Å². The molecular formula is C17H26O2. The van der Waals surface area contributed by atoms with Gasteiger partial charge >= 0.3 is 5.97 Å². The third kappa shape index (κ3) is 4.70. The van der Waals surface area contributed by atoms with Crippen LogP contribution in [0, 0.1) is 5.41 Å². The van der Waals surface area contributed by atoms with Crippen molar-refractivity contribution in [2.24, 2.45) is 5.41 Å². The fourth-order valence-corrected chi connectivity index (χ4v) is 2.39. The van der Waals surface area contributed by atoms with E-state index in [2.05, 4.69) is 26.8 Å². The van der Waals surface area contributed by atoms with Crippen LogP contribution in [0.5, 0.6) is 0 Å². The predicted octanol–water partition coefficient (Wildman–Crippen LogP) is 4.58. The minimum atomic E-state index is -0.265. The highest BCUT2D eigenvalue weighted by molar-refractivity contribution is 5.83. The third-order valence-electron chi connectivity index (χ3n) is 3.92. The van der Waals surface area contributed by atoms with E-state index in [1.807, 2.05) is 19.9 Å². The number of esters is 1. The van der Waals surface area contributed by atoms with E-state index in [0.717, 1.165) is 12.0 Å². The van der Waals surface area contributed by atoms with Crippen LogP contribution < -0.4 is 0 Å². The summed E-state index contributed by atoms with van der Waals surface area (Å²) in [6.07, 6.45) is 9.35. The molecule has 0 N–H and O–H groups in total. The lowest BCUT2D eigenvalue weighted by Gasteiger charge is -2.32. The fourth-order valence-electron chi connectivity index (χ4n) is 2.39. The molecule has 0 aromatic rings. The molecule has 0 atom stereocenters. The van der Waals surface area contributed by atoms with Gasteiger partial charge in [0.25, 0.3) is 0 Å². The second-order valence-corrected chi connectivity index (χ2v) is 5.86. The highest BCUT2D eigenvalue weighted by Crippen LogP contribution is 2.40. The van der Waals surface area contributed by atoms with Gasteiger partial charge in [0.15, 0.2) is 0 Å². The second-order valence-electron chi connectivity index (χ2n) is 5.86. The van der Waals surface area contributed by atoms with E-state index < -0.39 is 0 Å². The largest absolute Gasteiger partial charge is 0.463 e. The molecular weight excluding hydrogens is 236 g/mol. The van der Waals surface area contributed by atoms with Crippen molar-refractivity contribution < 1.29 is 9.53 Å². The highest BCUT2D eigenvalue weighted by atomic mass is 16.5. The van der Waals surface area contributed by atoms with Gasteiger partial charge in [-0.25, -0.2) is 4.79 Å². The standard InChI is InChI=1S/C17H26O2/c1-6-19-16(18)12-13(2)9-10-15-8-7-11-17(4,5)14(15)3/h9-10,12H,6-8,11H2,1-5H3/b10-9+,13-12+. The van der Waals surface area contributed by atoms with Crippen molar-refractivity contribution in [2.45, 2.75) is 53.9 Å². The molecule has 0 unspecified atom stereocenters. The van der Waals surface area contributed by atoms with Crippen LogP contribution in [0.4, 0.5) is 0 Å².